The Labute approximate surface area is 192 Å². The molecule has 0 saturated heterocycles. The molecule has 0 bridgehead atoms. The van der Waals surface area contributed by atoms with E-state index in [-0.39, 0.29) is 12.0 Å². The molecule has 0 atom stereocenters. The van der Waals surface area contributed by atoms with Gasteiger partial charge in [-0.05, 0) is 79.3 Å². The number of aryl methyl sites for hydroxylation is 2. The number of benzene rings is 2. The second-order valence-electron chi connectivity index (χ2n) is 8.38. The van der Waals surface area contributed by atoms with E-state index in [9.17, 15) is 9.59 Å². The van der Waals surface area contributed by atoms with Crippen LogP contribution in [0.4, 0.5) is 21.9 Å². The average Bonchev–Trinajstić information content (AvgIpc) is 3.30. The number of ether oxygens (including phenoxy) is 1. The molecule has 1 N–H and O–H groups in total. The van der Waals surface area contributed by atoms with Crippen molar-refractivity contribution in [2.24, 2.45) is 0 Å². The summed E-state index contributed by atoms with van der Waals surface area (Å²) in [5.41, 5.74) is 4.56. The van der Waals surface area contributed by atoms with Crippen LogP contribution in [0.3, 0.4) is 0 Å². The molecule has 3 aromatic rings. The molecule has 2 aliphatic rings. The SMILES string of the molecule is O=C(Nc1ccc2c(c1)N(C(=O)c1cccs1)c1ccccc1CC2)OC1CCCCC1. The fourth-order valence-electron chi connectivity index (χ4n) is 4.61. The van der Waals surface area contributed by atoms with Gasteiger partial charge in [0.1, 0.15) is 6.10 Å². The Morgan fingerprint density at radius 1 is 0.906 bits per heavy atom. The van der Waals surface area contributed by atoms with Gasteiger partial charge in [0, 0.05) is 5.69 Å². The normalized spacial score (nSPS) is 15.9. The fourth-order valence-corrected chi connectivity index (χ4v) is 5.26. The van der Waals surface area contributed by atoms with Crippen molar-refractivity contribution in [1.29, 1.82) is 0 Å². The molecule has 164 valence electrons. The molecule has 2 aromatic carbocycles. The molecule has 2 amide bonds. The standard InChI is InChI=1S/C26H26N2O3S/c29-25(24-11-6-16-32-24)28-22-10-5-4-7-18(22)12-13-19-14-15-20(17-23(19)28)27-26(30)31-21-8-2-1-3-9-21/h4-7,10-11,14-17,21H,1-3,8-9,12-13H2,(H,27,30). The molecule has 5 rings (SSSR count). The van der Waals surface area contributed by atoms with Crippen LogP contribution in [0.5, 0.6) is 0 Å². The van der Waals surface area contributed by atoms with E-state index < -0.39 is 6.09 Å². The van der Waals surface area contributed by atoms with Crippen LogP contribution in [0.1, 0.15) is 52.9 Å². The summed E-state index contributed by atoms with van der Waals surface area (Å²) in [7, 11) is 0. The van der Waals surface area contributed by atoms with Crippen LogP contribution in [-0.2, 0) is 17.6 Å². The first-order valence-corrected chi connectivity index (χ1v) is 12.1. The molecule has 1 aromatic heterocycles. The molecule has 1 fully saturated rings. The van der Waals surface area contributed by atoms with Crippen LogP contribution in [0.25, 0.3) is 0 Å². The second-order valence-corrected chi connectivity index (χ2v) is 9.33. The van der Waals surface area contributed by atoms with Crippen molar-refractivity contribution in [3.63, 3.8) is 0 Å². The van der Waals surface area contributed by atoms with E-state index in [1.807, 2.05) is 53.9 Å². The lowest BCUT2D eigenvalue weighted by atomic mass is 9.98. The zero-order chi connectivity index (χ0) is 21.9. The summed E-state index contributed by atoms with van der Waals surface area (Å²) in [6.07, 6.45) is 6.53. The number of rotatable bonds is 3. The zero-order valence-corrected chi connectivity index (χ0v) is 18.7. The molecular formula is C26H26N2O3S. The maximum absolute atomic E-state index is 13.6. The van der Waals surface area contributed by atoms with Crippen molar-refractivity contribution < 1.29 is 14.3 Å². The predicted molar refractivity (Wildman–Crippen MR) is 128 cm³/mol. The lowest BCUT2D eigenvalue weighted by Gasteiger charge is -2.25. The second kappa shape index (κ2) is 9.17. The van der Waals surface area contributed by atoms with Gasteiger partial charge in [0.15, 0.2) is 0 Å². The predicted octanol–water partition coefficient (Wildman–Crippen LogP) is 6.71. The third-order valence-electron chi connectivity index (χ3n) is 6.23. The Balaban J connectivity index is 1.47. The molecule has 6 heteroatoms. The quantitative estimate of drug-likeness (QED) is 0.487. The highest BCUT2D eigenvalue weighted by Crippen LogP contribution is 2.39. The number of nitrogens with zero attached hydrogens (tertiary/aromatic N) is 1. The number of nitrogens with one attached hydrogen (secondary N) is 1. The Kier molecular flexibility index (Phi) is 5.95. The number of carbonyl (C=O) groups excluding carboxylic acids is 2. The molecule has 32 heavy (non-hydrogen) atoms. The largest absolute Gasteiger partial charge is 0.446 e. The third-order valence-corrected chi connectivity index (χ3v) is 7.09. The van der Waals surface area contributed by atoms with Gasteiger partial charge >= 0.3 is 6.09 Å². The Bertz CT molecular complexity index is 1120. The lowest BCUT2D eigenvalue weighted by Crippen LogP contribution is -2.27. The highest BCUT2D eigenvalue weighted by atomic mass is 32.1. The number of hydrogen-bond acceptors (Lipinski definition) is 4. The van der Waals surface area contributed by atoms with Gasteiger partial charge in [-0.3, -0.25) is 15.0 Å². The molecule has 2 heterocycles. The van der Waals surface area contributed by atoms with Gasteiger partial charge in [-0.2, -0.15) is 0 Å². The van der Waals surface area contributed by atoms with E-state index in [0.29, 0.717) is 10.6 Å². The number of para-hydroxylation sites is 1. The minimum absolute atomic E-state index is 0.00615. The summed E-state index contributed by atoms with van der Waals surface area (Å²) in [5, 5.41) is 4.80. The number of amides is 2. The number of hydrogen-bond donors (Lipinski definition) is 1. The monoisotopic (exact) mass is 446 g/mol. The Morgan fingerprint density at radius 3 is 2.47 bits per heavy atom. The molecule has 5 nitrogen and oxygen atoms in total. The summed E-state index contributed by atoms with van der Waals surface area (Å²) >= 11 is 1.43. The van der Waals surface area contributed by atoms with Crippen LogP contribution in [0, 0.1) is 0 Å². The van der Waals surface area contributed by atoms with Crippen molar-refractivity contribution in [2.45, 2.75) is 51.0 Å². The van der Waals surface area contributed by atoms with Crippen molar-refractivity contribution in [2.75, 3.05) is 10.2 Å². The van der Waals surface area contributed by atoms with E-state index in [1.54, 1.807) is 4.90 Å². The molecular weight excluding hydrogens is 420 g/mol. The van der Waals surface area contributed by atoms with Crippen molar-refractivity contribution >= 4 is 40.4 Å². The summed E-state index contributed by atoms with van der Waals surface area (Å²) in [6, 6.07) is 17.6. The Hall–Kier alpha value is -3.12. The number of thiophene rings is 1. The summed E-state index contributed by atoms with van der Waals surface area (Å²) in [4.78, 5) is 28.5. The van der Waals surface area contributed by atoms with Crippen LogP contribution in [0.2, 0.25) is 0 Å². The molecule has 0 unspecified atom stereocenters. The summed E-state index contributed by atoms with van der Waals surface area (Å²) < 4.78 is 5.62. The summed E-state index contributed by atoms with van der Waals surface area (Å²) in [6.45, 7) is 0. The highest BCUT2D eigenvalue weighted by molar-refractivity contribution is 7.12. The topological polar surface area (TPSA) is 58.6 Å². The molecule has 1 aliphatic heterocycles. The van der Waals surface area contributed by atoms with Crippen LogP contribution in [0.15, 0.2) is 60.0 Å². The molecule has 0 spiro atoms. The van der Waals surface area contributed by atoms with Gasteiger partial charge in [0.25, 0.3) is 5.91 Å². The van der Waals surface area contributed by atoms with E-state index >= 15 is 0 Å². The van der Waals surface area contributed by atoms with Crippen LogP contribution in [-0.4, -0.2) is 18.1 Å². The lowest BCUT2D eigenvalue weighted by molar-refractivity contribution is 0.0865. The van der Waals surface area contributed by atoms with Gasteiger partial charge in [-0.15, -0.1) is 11.3 Å². The first kappa shape index (κ1) is 20.8. The highest BCUT2D eigenvalue weighted by Gasteiger charge is 2.28. The maximum atomic E-state index is 13.6. The van der Waals surface area contributed by atoms with Gasteiger partial charge in [-0.1, -0.05) is 36.8 Å². The van der Waals surface area contributed by atoms with Gasteiger partial charge in [-0.25, -0.2) is 4.79 Å². The maximum Gasteiger partial charge on any atom is 0.411 e. The smallest absolute Gasteiger partial charge is 0.411 e. The average molecular weight is 447 g/mol. The first-order chi connectivity index (χ1) is 15.7. The van der Waals surface area contributed by atoms with E-state index in [1.165, 1.54) is 17.8 Å². The fraction of sp³-hybridized carbons (Fsp3) is 0.308. The minimum atomic E-state index is -0.429. The van der Waals surface area contributed by atoms with E-state index in [2.05, 4.69) is 11.4 Å². The van der Waals surface area contributed by atoms with E-state index in [4.69, 9.17) is 4.74 Å². The molecule has 1 aliphatic carbocycles. The van der Waals surface area contributed by atoms with Gasteiger partial charge in [0.05, 0.1) is 16.3 Å². The molecule has 1 saturated carbocycles. The van der Waals surface area contributed by atoms with Gasteiger partial charge < -0.3 is 4.74 Å². The van der Waals surface area contributed by atoms with Crippen molar-refractivity contribution in [3.05, 3.63) is 76.0 Å². The number of carbonyl (C=O) groups is 2. The van der Waals surface area contributed by atoms with Crippen LogP contribution < -0.4 is 10.2 Å². The molecule has 0 radical (unpaired) electrons. The first-order valence-electron chi connectivity index (χ1n) is 11.3. The third kappa shape index (κ3) is 4.28. The van der Waals surface area contributed by atoms with Crippen molar-refractivity contribution in [1.82, 2.24) is 0 Å². The number of fused-ring (bicyclic) bond motifs is 2. The number of anilines is 3. The van der Waals surface area contributed by atoms with Gasteiger partial charge in [0.2, 0.25) is 0 Å². The van der Waals surface area contributed by atoms with E-state index in [0.717, 1.165) is 61.0 Å². The zero-order valence-electron chi connectivity index (χ0n) is 17.9. The Morgan fingerprint density at radius 2 is 1.69 bits per heavy atom. The summed E-state index contributed by atoms with van der Waals surface area (Å²) in [5.74, 6) is -0.0578. The van der Waals surface area contributed by atoms with Crippen LogP contribution >= 0.6 is 11.3 Å². The van der Waals surface area contributed by atoms with Crippen molar-refractivity contribution in [3.8, 4) is 0 Å². The minimum Gasteiger partial charge on any atom is -0.446 e.